The largest absolute Gasteiger partial charge is 0.496 e. The van der Waals surface area contributed by atoms with Gasteiger partial charge in [0.05, 0.1) is 18.2 Å². The van der Waals surface area contributed by atoms with Gasteiger partial charge in [-0.2, -0.15) is 13.2 Å². The van der Waals surface area contributed by atoms with Gasteiger partial charge in [0.1, 0.15) is 17.1 Å². The molecular formula is C27H26F3NO5. The molecule has 0 fully saturated rings. The van der Waals surface area contributed by atoms with Crippen LogP contribution in [0, 0.1) is 6.92 Å². The molecule has 6 nitrogen and oxygen atoms in total. The molecule has 0 spiro atoms. The second-order valence-electron chi connectivity index (χ2n) is 9.45. The Morgan fingerprint density at radius 3 is 2.39 bits per heavy atom. The van der Waals surface area contributed by atoms with E-state index in [1.54, 1.807) is 58.0 Å². The summed E-state index contributed by atoms with van der Waals surface area (Å²) in [5, 5.41) is 14.6. The van der Waals surface area contributed by atoms with Crippen LogP contribution in [0.15, 0.2) is 54.6 Å². The van der Waals surface area contributed by atoms with Gasteiger partial charge in [-0.25, -0.2) is 4.79 Å². The standard InChI is InChI=1S/C27H26F3NO5/c1-15-19(31-24(32)36-25(2,3)4)13-12-18-22-20(34-5)10-7-11-21(22)35-26(33,23(15)18)16-8-6-9-17(14-16)27(28,29)30/h6-14,33H,1-5H3,(H,31,32). The number of halogens is 3. The third-order valence-electron chi connectivity index (χ3n) is 5.76. The Morgan fingerprint density at radius 2 is 1.75 bits per heavy atom. The van der Waals surface area contributed by atoms with E-state index in [1.165, 1.54) is 19.2 Å². The van der Waals surface area contributed by atoms with Gasteiger partial charge in [-0.1, -0.05) is 24.3 Å². The molecular weight excluding hydrogens is 475 g/mol. The third-order valence-corrected chi connectivity index (χ3v) is 5.76. The highest BCUT2D eigenvalue weighted by Crippen LogP contribution is 2.52. The first-order chi connectivity index (χ1) is 16.7. The van der Waals surface area contributed by atoms with E-state index < -0.39 is 29.2 Å². The van der Waals surface area contributed by atoms with Crippen molar-refractivity contribution in [2.24, 2.45) is 0 Å². The van der Waals surface area contributed by atoms with Gasteiger partial charge >= 0.3 is 12.3 Å². The Balaban J connectivity index is 1.95. The van der Waals surface area contributed by atoms with Crippen LogP contribution in [-0.4, -0.2) is 23.9 Å². The van der Waals surface area contributed by atoms with Crippen molar-refractivity contribution in [2.45, 2.75) is 45.3 Å². The number of rotatable bonds is 3. The number of carbonyl (C=O) groups excluding carboxylic acids is 1. The predicted octanol–water partition coefficient (Wildman–Crippen LogP) is 6.62. The molecule has 1 amide bonds. The fourth-order valence-corrected chi connectivity index (χ4v) is 4.26. The lowest BCUT2D eigenvalue weighted by Gasteiger charge is -2.38. The summed E-state index contributed by atoms with van der Waals surface area (Å²) in [6, 6.07) is 12.6. The van der Waals surface area contributed by atoms with Crippen molar-refractivity contribution >= 4 is 11.8 Å². The lowest BCUT2D eigenvalue weighted by molar-refractivity contribution is -0.138. The average molecular weight is 502 g/mol. The molecule has 1 atom stereocenters. The zero-order valence-electron chi connectivity index (χ0n) is 20.4. The van der Waals surface area contributed by atoms with Crippen LogP contribution < -0.4 is 14.8 Å². The van der Waals surface area contributed by atoms with E-state index in [0.717, 1.165) is 12.1 Å². The summed E-state index contributed by atoms with van der Waals surface area (Å²) in [6.07, 6.45) is -5.34. The quantitative estimate of drug-likeness (QED) is 0.422. The summed E-state index contributed by atoms with van der Waals surface area (Å²) in [4.78, 5) is 12.5. The van der Waals surface area contributed by atoms with Crippen molar-refractivity contribution in [3.8, 4) is 22.6 Å². The molecule has 36 heavy (non-hydrogen) atoms. The molecule has 2 N–H and O–H groups in total. The number of carbonyl (C=O) groups is 1. The summed E-state index contributed by atoms with van der Waals surface area (Å²) in [5.41, 5.74) is 0.0673. The second-order valence-corrected chi connectivity index (χ2v) is 9.45. The highest BCUT2D eigenvalue weighted by molar-refractivity contribution is 5.90. The Hall–Kier alpha value is -3.72. The zero-order valence-corrected chi connectivity index (χ0v) is 20.4. The molecule has 3 aromatic carbocycles. The number of anilines is 1. The van der Waals surface area contributed by atoms with Gasteiger partial charge in [0, 0.05) is 16.8 Å². The molecule has 0 saturated carbocycles. The fourth-order valence-electron chi connectivity index (χ4n) is 4.26. The second kappa shape index (κ2) is 8.74. The molecule has 1 aliphatic rings. The summed E-state index contributed by atoms with van der Waals surface area (Å²) < 4.78 is 57.4. The van der Waals surface area contributed by atoms with Crippen LogP contribution in [0.3, 0.4) is 0 Å². The van der Waals surface area contributed by atoms with Gasteiger partial charge in [0.25, 0.3) is 5.79 Å². The number of nitrogens with one attached hydrogen (secondary N) is 1. The molecule has 0 aliphatic carbocycles. The molecule has 0 saturated heterocycles. The smallest absolute Gasteiger partial charge is 0.416 e. The zero-order chi connectivity index (χ0) is 26.5. The molecule has 0 aromatic heterocycles. The number of hydrogen-bond donors (Lipinski definition) is 2. The lowest BCUT2D eigenvalue weighted by Crippen LogP contribution is -2.38. The van der Waals surface area contributed by atoms with Gasteiger partial charge in [-0.3, -0.25) is 5.32 Å². The number of alkyl halides is 3. The molecule has 0 bridgehead atoms. The first-order valence-corrected chi connectivity index (χ1v) is 11.1. The molecule has 4 rings (SSSR count). The third kappa shape index (κ3) is 4.58. The number of methoxy groups -OCH3 is 1. The Labute approximate surface area is 206 Å². The maximum atomic E-state index is 13.5. The minimum absolute atomic E-state index is 0.121. The molecule has 1 aliphatic heterocycles. The molecule has 0 radical (unpaired) electrons. The van der Waals surface area contributed by atoms with Crippen LogP contribution >= 0.6 is 0 Å². The van der Waals surface area contributed by atoms with Crippen LogP contribution in [0.5, 0.6) is 11.5 Å². The monoisotopic (exact) mass is 501 g/mol. The maximum absolute atomic E-state index is 13.5. The van der Waals surface area contributed by atoms with E-state index in [-0.39, 0.29) is 16.9 Å². The Bertz CT molecular complexity index is 1330. The topological polar surface area (TPSA) is 77.0 Å². The van der Waals surface area contributed by atoms with Crippen LogP contribution in [-0.2, 0) is 16.7 Å². The van der Waals surface area contributed by atoms with Crippen molar-refractivity contribution in [1.82, 2.24) is 0 Å². The van der Waals surface area contributed by atoms with Gasteiger partial charge in [0.2, 0.25) is 0 Å². The van der Waals surface area contributed by atoms with Crippen LogP contribution in [0.25, 0.3) is 11.1 Å². The van der Waals surface area contributed by atoms with E-state index in [2.05, 4.69) is 5.32 Å². The van der Waals surface area contributed by atoms with Crippen molar-refractivity contribution in [3.05, 3.63) is 76.9 Å². The fraction of sp³-hybridized carbons (Fsp3) is 0.296. The Kier molecular flexibility index (Phi) is 6.16. The minimum Gasteiger partial charge on any atom is -0.496 e. The van der Waals surface area contributed by atoms with Crippen LogP contribution in [0.2, 0.25) is 0 Å². The SMILES string of the molecule is COc1cccc2c1-c1ccc(NC(=O)OC(C)(C)C)c(C)c1C(O)(c1cccc(C(F)(F)F)c1)O2. The van der Waals surface area contributed by atoms with E-state index >= 15 is 0 Å². The normalized spacial score (nSPS) is 16.9. The predicted molar refractivity (Wildman–Crippen MR) is 128 cm³/mol. The Morgan fingerprint density at radius 1 is 1.06 bits per heavy atom. The van der Waals surface area contributed by atoms with E-state index in [9.17, 15) is 23.1 Å². The molecule has 9 heteroatoms. The van der Waals surface area contributed by atoms with Crippen molar-refractivity contribution in [1.29, 1.82) is 0 Å². The van der Waals surface area contributed by atoms with Gasteiger partial charge < -0.3 is 19.3 Å². The summed E-state index contributed by atoms with van der Waals surface area (Å²) in [6.45, 7) is 6.79. The number of ether oxygens (including phenoxy) is 3. The van der Waals surface area contributed by atoms with Crippen molar-refractivity contribution in [3.63, 3.8) is 0 Å². The summed E-state index contributed by atoms with van der Waals surface area (Å²) in [5.74, 6) is -1.62. The van der Waals surface area contributed by atoms with Gasteiger partial charge in [-0.05, 0) is 69.2 Å². The minimum atomic E-state index is -4.62. The molecule has 1 heterocycles. The maximum Gasteiger partial charge on any atom is 0.416 e. The van der Waals surface area contributed by atoms with Gasteiger partial charge in [-0.15, -0.1) is 0 Å². The van der Waals surface area contributed by atoms with Gasteiger partial charge in [0.15, 0.2) is 0 Å². The average Bonchev–Trinajstić information content (AvgIpc) is 2.78. The van der Waals surface area contributed by atoms with E-state index in [4.69, 9.17) is 14.2 Å². The lowest BCUT2D eigenvalue weighted by atomic mass is 9.83. The molecule has 190 valence electrons. The van der Waals surface area contributed by atoms with Crippen LogP contribution in [0.1, 0.15) is 43.0 Å². The highest BCUT2D eigenvalue weighted by atomic mass is 19.4. The number of benzene rings is 3. The number of fused-ring (bicyclic) bond motifs is 3. The molecule has 1 unspecified atom stereocenters. The summed E-state index contributed by atoms with van der Waals surface area (Å²) in [7, 11) is 1.48. The molecule has 3 aromatic rings. The van der Waals surface area contributed by atoms with Crippen LogP contribution in [0.4, 0.5) is 23.7 Å². The highest BCUT2D eigenvalue weighted by Gasteiger charge is 2.45. The van der Waals surface area contributed by atoms with Crippen molar-refractivity contribution in [2.75, 3.05) is 12.4 Å². The number of hydrogen-bond acceptors (Lipinski definition) is 5. The van der Waals surface area contributed by atoms with E-state index in [1.807, 2.05) is 0 Å². The number of amides is 1. The first kappa shape index (κ1) is 25.4. The number of aliphatic hydroxyl groups is 1. The summed E-state index contributed by atoms with van der Waals surface area (Å²) >= 11 is 0. The van der Waals surface area contributed by atoms with E-state index in [0.29, 0.717) is 28.1 Å². The van der Waals surface area contributed by atoms with Crippen molar-refractivity contribution < 1.29 is 37.3 Å². The first-order valence-electron chi connectivity index (χ1n) is 11.1.